The van der Waals surface area contributed by atoms with Crippen LogP contribution in [0.3, 0.4) is 0 Å². The fourth-order valence-electron chi connectivity index (χ4n) is 2.21. The van der Waals surface area contributed by atoms with E-state index in [4.69, 9.17) is 23.2 Å². The van der Waals surface area contributed by atoms with Gasteiger partial charge >= 0.3 is 0 Å². The maximum absolute atomic E-state index is 12.2. The Kier molecular flexibility index (Phi) is 5.01. The van der Waals surface area contributed by atoms with E-state index in [0.29, 0.717) is 6.54 Å². The maximum Gasteiger partial charge on any atom is 0.271 e. The van der Waals surface area contributed by atoms with Crippen LogP contribution in [0.4, 0.5) is 5.69 Å². The minimum absolute atomic E-state index is 0.000703. The molecule has 0 spiro atoms. The molecule has 114 valence electrons. The number of nitrogens with zero attached hydrogens (tertiary/aromatic N) is 1. The highest BCUT2D eigenvalue weighted by molar-refractivity contribution is 8.00. The van der Waals surface area contributed by atoms with Crippen molar-refractivity contribution in [1.82, 2.24) is 5.32 Å². The molecule has 0 unspecified atom stereocenters. The number of hydrogen-bond donors (Lipinski definition) is 1. The number of halogens is 2. The summed E-state index contributed by atoms with van der Waals surface area (Å²) in [5.41, 5.74) is -0.218. The number of non-ortho nitro benzene ring substituents is 1. The van der Waals surface area contributed by atoms with E-state index < -0.39 is 10.8 Å². The molecule has 0 radical (unpaired) electrons. The molecule has 21 heavy (non-hydrogen) atoms. The molecule has 0 atom stereocenters. The van der Waals surface area contributed by atoms with Gasteiger partial charge in [-0.15, -0.1) is 0 Å². The molecule has 8 heteroatoms. The summed E-state index contributed by atoms with van der Waals surface area (Å²) in [6, 6.07) is 2.28. The highest BCUT2D eigenvalue weighted by Gasteiger charge is 2.36. The first-order valence-electron chi connectivity index (χ1n) is 6.35. The first-order chi connectivity index (χ1) is 9.88. The standard InChI is InChI=1S/C13H14Cl2N2O3S/c1-21-13(3-2-4-13)7-16-12(18)9-5-8(17(19)20)6-10(14)11(9)15/h5-6H,2-4,7H2,1H3,(H,16,18). The highest BCUT2D eigenvalue weighted by atomic mass is 35.5. The van der Waals surface area contributed by atoms with E-state index in [1.165, 1.54) is 0 Å². The molecule has 2 rings (SSSR count). The summed E-state index contributed by atoms with van der Waals surface area (Å²) in [7, 11) is 0. The average molecular weight is 349 g/mol. The molecule has 0 heterocycles. The Balaban J connectivity index is 2.17. The van der Waals surface area contributed by atoms with Crippen molar-refractivity contribution in [2.45, 2.75) is 24.0 Å². The summed E-state index contributed by atoms with van der Waals surface area (Å²) in [6.07, 6.45) is 5.28. The van der Waals surface area contributed by atoms with E-state index in [-0.39, 0.29) is 26.0 Å². The summed E-state index contributed by atoms with van der Waals surface area (Å²) in [4.78, 5) is 22.4. The summed E-state index contributed by atoms with van der Waals surface area (Å²) < 4.78 is 0.0760. The summed E-state index contributed by atoms with van der Waals surface area (Å²) in [5.74, 6) is -0.439. The van der Waals surface area contributed by atoms with E-state index in [1.807, 2.05) is 6.26 Å². The van der Waals surface area contributed by atoms with Gasteiger partial charge in [0.1, 0.15) is 0 Å². The molecule has 1 aliphatic carbocycles. The predicted octanol–water partition coefficient (Wildman–Crippen LogP) is 3.92. The Morgan fingerprint density at radius 1 is 1.48 bits per heavy atom. The van der Waals surface area contributed by atoms with Gasteiger partial charge in [-0.1, -0.05) is 29.6 Å². The van der Waals surface area contributed by atoms with Crippen LogP contribution in [-0.2, 0) is 0 Å². The number of thioether (sulfide) groups is 1. The van der Waals surface area contributed by atoms with Crippen LogP contribution >= 0.6 is 35.0 Å². The summed E-state index contributed by atoms with van der Waals surface area (Å²) in [6.45, 7) is 0.517. The molecule has 5 nitrogen and oxygen atoms in total. The van der Waals surface area contributed by atoms with Crippen LogP contribution in [-0.4, -0.2) is 28.4 Å². The van der Waals surface area contributed by atoms with Gasteiger partial charge in [-0.25, -0.2) is 0 Å². The minimum Gasteiger partial charge on any atom is -0.351 e. The van der Waals surface area contributed by atoms with Crippen LogP contribution in [0.25, 0.3) is 0 Å². The average Bonchev–Trinajstić information content (AvgIpc) is 2.40. The van der Waals surface area contributed by atoms with Crippen molar-refractivity contribution in [3.05, 3.63) is 37.9 Å². The molecule has 1 saturated carbocycles. The molecular weight excluding hydrogens is 335 g/mol. The molecule has 0 aromatic heterocycles. The number of rotatable bonds is 5. The quantitative estimate of drug-likeness (QED) is 0.646. The van der Waals surface area contributed by atoms with Crippen LogP contribution in [0.15, 0.2) is 12.1 Å². The van der Waals surface area contributed by atoms with E-state index in [0.717, 1.165) is 31.4 Å². The van der Waals surface area contributed by atoms with Crippen molar-refractivity contribution < 1.29 is 9.72 Å². The van der Waals surface area contributed by atoms with Gasteiger partial charge in [0, 0.05) is 23.4 Å². The second-order valence-electron chi connectivity index (χ2n) is 4.97. The number of nitrogens with one attached hydrogen (secondary N) is 1. The third kappa shape index (κ3) is 3.44. The number of hydrogen-bond acceptors (Lipinski definition) is 4. The van der Waals surface area contributed by atoms with Crippen molar-refractivity contribution in [2.75, 3.05) is 12.8 Å². The summed E-state index contributed by atoms with van der Waals surface area (Å²) in [5, 5.41) is 13.7. The predicted molar refractivity (Wildman–Crippen MR) is 85.5 cm³/mol. The molecule has 0 bridgehead atoms. The molecular formula is C13H14Cl2N2O3S. The van der Waals surface area contributed by atoms with Crippen LogP contribution in [0.5, 0.6) is 0 Å². The van der Waals surface area contributed by atoms with Gasteiger partial charge in [0.2, 0.25) is 0 Å². The Morgan fingerprint density at radius 3 is 2.62 bits per heavy atom. The van der Waals surface area contributed by atoms with Gasteiger partial charge in [0.15, 0.2) is 0 Å². The number of nitro groups is 1. The highest BCUT2D eigenvalue weighted by Crippen LogP contribution is 2.42. The molecule has 1 N–H and O–H groups in total. The maximum atomic E-state index is 12.2. The number of amides is 1. The Morgan fingerprint density at radius 2 is 2.14 bits per heavy atom. The zero-order valence-corrected chi connectivity index (χ0v) is 13.6. The lowest BCUT2D eigenvalue weighted by molar-refractivity contribution is -0.384. The second-order valence-corrected chi connectivity index (χ2v) is 7.03. The lowest BCUT2D eigenvalue weighted by atomic mass is 9.84. The zero-order chi connectivity index (χ0) is 15.6. The van der Waals surface area contributed by atoms with Crippen LogP contribution in [0, 0.1) is 10.1 Å². The topological polar surface area (TPSA) is 72.2 Å². The van der Waals surface area contributed by atoms with Gasteiger partial charge in [-0.3, -0.25) is 14.9 Å². The van der Waals surface area contributed by atoms with Crippen LogP contribution in [0.2, 0.25) is 10.0 Å². The Hall–Kier alpha value is -0.980. The molecule has 1 fully saturated rings. The van der Waals surface area contributed by atoms with Crippen molar-refractivity contribution in [1.29, 1.82) is 0 Å². The molecule has 1 aliphatic rings. The normalized spacial score (nSPS) is 16.1. The molecule has 0 saturated heterocycles. The number of carbonyl (C=O) groups excluding carboxylic acids is 1. The fourth-order valence-corrected chi connectivity index (χ4v) is 3.53. The minimum atomic E-state index is -0.603. The van der Waals surface area contributed by atoms with Crippen molar-refractivity contribution in [2.24, 2.45) is 0 Å². The van der Waals surface area contributed by atoms with E-state index >= 15 is 0 Å². The third-order valence-corrected chi connectivity index (χ3v) is 5.96. The SMILES string of the molecule is CSC1(CNC(=O)c2cc([N+](=O)[O-])cc(Cl)c2Cl)CCC1. The molecule has 1 aromatic carbocycles. The number of benzene rings is 1. The van der Waals surface area contributed by atoms with Crippen molar-refractivity contribution >= 4 is 46.6 Å². The zero-order valence-electron chi connectivity index (χ0n) is 11.3. The molecule has 1 amide bonds. The Labute approximate surface area is 136 Å². The smallest absolute Gasteiger partial charge is 0.271 e. The Bertz CT molecular complexity index is 586. The fraction of sp³-hybridized carbons (Fsp3) is 0.462. The lowest BCUT2D eigenvalue weighted by Crippen LogP contribution is -2.45. The van der Waals surface area contributed by atoms with Crippen molar-refractivity contribution in [3.8, 4) is 0 Å². The van der Waals surface area contributed by atoms with E-state index in [9.17, 15) is 14.9 Å². The van der Waals surface area contributed by atoms with Gasteiger partial charge in [0.05, 0.1) is 20.5 Å². The van der Waals surface area contributed by atoms with Crippen molar-refractivity contribution in [3.63, 3.8) is 0 Å². The monoisotopic (exact) mass is 348 g/mol. The van der Waals surface area contributed by atoms with Gasteiger partial charge in [-0.2, -0.15) is 11.8 Å². The van der Waals surface area contributed by atoms with Gasteiger partial charge in [-0.05, 0) is 19.1 Å². The molecule has 0 aliphatic heterocycles. The van der Waals surface area contributed by atoms with E-state index in [1.54, 1.807) is 11.8 Å². The lowest BCUT2D eigenvalue weighted by Gasteiger charge is -2.40. The summed E-state index contributed by atoms with van der Waals surface area (Å²) >= 11 is 13.5. The molecule has 1 aromatic rings. The van der Waals surface area contributed by atoms with Gasteiger partial charge < -0.3 is 5.32 Å². The first kappa shape index (κ1) is 16.4. The number of carbonyl (C=O) groups is 1. The first-order valence-corrected chi connectivity index (χ1v) is 8.33. The van der Waals surface area contributed by atoms with Gasteiger partial charge in [0.25, 0.3) is 11.6 Å². The third-order valence-electron chi connectivity index (χ3n) is 3.74. The van der Waals surface area contributed by atoms with E-state index in [2.05, 4.69) is 5.32 Å². The second kappa shape index (κ2) is 6.42. The number of nitro benzene ring substituents is 1. The van der Waals surface area contributed by atoms with Crippen LogP contribution in [0.1, 0.15) is 29.6 Å². The largest absolute Gasteiger partial charge is 0.351 e. The van der Waals surface area contributed by atoms with Crippen LogP contribution < -0.4 is 5.32 Å².